The fraction of sp³-hybridized carbons (Fsp3) is 0.133. The number of hydrogen-bond donors (Lipinski definition) is 0. The molecule has 0 saturated heterocycles. The summed E-state index contributed by atoms with van der Waals surface area (Å²) >= 11 is 8.92. The third kappa shape index (κ3) is 3.49. The quantitative estimate of drug-likeness (QED) is 0.517. The average Bonchev–Trinajstić information content (AvgIpc) is 2.88. The van der Waals surface area contributed by atoms with Gasteiger partial charge in [0.1, 0.15) is 11.6 Å². The van der Waals surface area contributed by atoms with Gasteiger partial charge in [-0.25, -0.2) is 4.39 Å². The smallest absolute Gasteiger partial charge is 0.404 e. The zero-order chi connectivity index (χ0) is 17.5. The van der Waals surface area contributed by atoms with Gasteiger partial charge >= 0.3 is 6.36 Å². The Bertz CT molecular complexity index is 910. The summed E-state index contributed by atoms with van der Waals surface area (Å²) in [5, 5.41) is 4.27. The number of alkyl halides is 3. The second kappa shape index (κ2) is 6.25. The van der Waals surface area contributed by atoms with Crippen molar-refractivity contribution >= 4 is 38.4 Å². The van der Waals surface area contributed by atoms with Gasteiger partial charge in [-0.2, -0.15) is 5.10 Å². The number of ether oxygens (including phenoxy) is 1. The highest BCUT2D eigenvalue weighted by molar-refractivity contribution is 9.10. The van der Waals surface area contributed by atoms with Crippen LogP contribution in [0.4, 0.5) is 17.6 Å². The third-order valence-corrected chi connectivity index (χ3v) is 4.18. The van der Waals surface area contributed by atoms with Crippen LogP contribution >= 0.6 is 27.5 Å². The summed E-state index contributed by atoms with van der Waals surface area (Å²) in [5.74, 6) is -0.904. The Morgan fingerprint density at radius 3 is 2.62 bits per heavy atom. The van der Waals surface area contributed by atoms with Crippen LogP contribution < -0.4 is 4.74 Å². The maximum atomic E-state index is 14.0. The second-order valence-electron chi connectivity index (χ2n) is 4.91. The monoisotopic (exact) mass is 422 g/mol. The molecule has 0 radical (unpaired) electrons. The maximum absolute atomic E-state index is 14.0. The molecule has 9 heteroatoms. The molecule has 3 rings (SSSR count). The van der Waals surface area contributed by atoms with E-state index in [1.165, 1.54) is 23.0 Å². The molecule has 2 aromatic carbocycles. The van der Waals surface area contributed by atoms with Gasteiger partial charge in [-0.15, -0.1) is 13.2 Å². The molecule has 0 N–H and O–H groups in total. The summed E-state index contributed by atoms with van der Waals surface area (Å²) in [5.41, 5.74) is 1.16. The van der Waals surface area contributed by atoms with E-state index in [1.807, 2.05) is 0 Å². The lowest BCUT2D eigenvalue weighted by atomic mass is 10.2. The Balaban J connectivity index is 1.89. The normalized spacial score (nSPS) is 11.9. The molecule has 3 aromatic rings. The molecule has 0 fully saturated rings. The van der Waals surface area contributed by atoms with E-state index in [9.17, 15) is 17.6 Å². The van der Waals surface area contributed by atoms with E-state index >= 15 is 0 Å². The molecule has 1 aromatic heterocycles. The van der Waals surface area contributed by atoms with E-state index in [1.54, 1.807) is 12.1 Å². The lowest BCUT2D eigenvalue weighted by Crippen LogP contribution is -2.17. The second-order valence-corrected chi connectivity index (χ2v) is 6.17. The summed E-state index contributed by atoms with van der Waals surface area (Å²) in [4.78, 5) is 0. The van der Waals surface area contributed by atoms with Crippen molar-refractivity contribution in [2.75, 3.05) is 0 Å². The number of halogens is 6. The Hall–Kier alpha value is -1.80. The standard InChI is InChI=1S/C15H8BrClF4N2O/c16-10-2-3-12-9(14(10)18)6-22-23(12)7-8-1-4-13(11(17)5-8)24-15(19,20)21/h1-6H,7H2. The first-order valence-electron chi connectivity index (χ1n) is 6.58. The summed E-state index contributed by atoms with van der Waals surface area (Å²) in [6, 6.07) is 7.18. The molecule has 24 heavy (non-hydrogen) atoms. The topological polar surface area (TPSA) is 27.1 Å². The van der Waals surface area contributed by atoms with Crippen LogP contribution in [0.15, 0.2) is 41.0 Å². The molecule has 0 saturated carbocycles. The van der Waals surface area contributed by atoms with E-state index in [0.717, 1.165) is 6.07 Å². The minimum Gasteiger partial charge on any atom is -0.404 e. The van der Waals surface area contributed by atoms with Crippen molar-refractivity contribution in [2.24, 2.45) is 0 Å². The highest BCUT2D eigenvalue weighted by Gasteiger charge is 2.32. The number of aromatic nitrogens is 2. The molecule has 0 aliphatic rings. The van der Waals surface area contributed by atoms with Gasteiger partial charge < -0.3 is 4.74 Å². The molecule has 0 spiro atoms. The summed E-state index contributed by atoms with van der Waals surface area (Å²) in [6.07, 6.45) is -3.42. The van der Waals surface area contributed by atoms with E-state index in [0.29, 0.717) is 20.9 Å². The molecule has 0 aliphatic carbocycles. The van der Waals surface area contributed by atoms with Crippen molar-refractivity contribution in [3.63, 3.8) is 0 Å². The Kier molecular flexibility index (Phi) is 4.44. The van der Waals surface area contributed by atoms with Crippen LogP contribution in [0.3, 0.4) is 0 Å². The molecule has 3 nitrogen and oxygen atoms in total. The number of hydrogen-bond acceptors (Lipinski definition) is 2. The SMILES string of the molecule is Fc1c(Br)ccc2c1cnn2Cc1ccc(OC(F)(F)F)c(Cl)c1. The van der Waals surface area contributed by atoms with Gasteiger partial charge in [-0.3, -0.25) is 4.68 Å². The zero-order valence-corrected chi connectivity index (χ0v) is 14.1. The van der Waals surface area contributed by atoms with Crippen molar-refractivity contribution in [2.45, 2.75) is 12.9 Å². The molecule has 1 heterocycles. The summed E-state index contributed by atoms with van der Waals surface area (Å²) in [6.45, 7) is 0.219. The predicted molar refractivity (Wildman–Crippen MR) is 84.6 cm³/mol. The Labute approximate surface area is 146 Å². The first-order chi connectivity index (χ1) is 11.2. The molecule has 0 amide bonds. The largest absolute Gasteiger partial charge is 0.573 e. The summed E-state index contributed by atoms with van der Waals surface area (Å²) < 4.78 is 56.4. The Morgan fingerprint density at radius 1 is 1.21 bits per heavy atom. The summed E-state index contributed by atoms with van der Waals surface area (Å²) in [7, 11) is 0. The van der Waals surface area contributed by atoms with Gasteiger partial charge in [-0.1, -0.05) is 17.7 Å². The maximum Gasteiger partial charge on any atom is 0.573 e. The number of nitrogens with zero attached hydrogens (tertiary/aromatic N) is 2. The van der Waals surface area contributed by atoms with Gasteiger partial charge in [0.2, 0.25) is 0 Å². The third-order valence-electron chi connectivity index (χ3n) is 3.27. The molecule has 0 bridgehead atoms. The Morgan fingerprint density at radius 2 is 1.96 bits per heavy atom. The first-order valence-corrected chi connectivity index (χ1v) is 7.75. The molecular weight excluding hydrogens is 416 g/mol. The fourth-order valence-corrected chi connectivity index (χ4v) is 2.83. The van der Waals surface area contributed by atoms with Crippen LogP contribution in [-0.4, -0.2) is 16.1 Å². The van der Waals surface area contributed by atoms with Crippen LogP contribution in [0.5, 0.6) is 5.75 Å². The van der Waals surface area contributed by atoms with Gasteiger partial charge in [0.05, 0.1) is 33.1 Å². The average molecular weight is 424 g/mol. The van der Waals surface area contributed by atoms with Gasteiger partial charge in [0, 0.05) is 0 Å². The van der Waals surface area contributed by atoms with E-state index in [-0.39, 0.29) is 11.6 Å². The van der Waals surface area contributed by atoms with Crippen LogP contribution in [0.2, 0.25) is 5.02 Å². The van der Waals surface area contributed by atoms with Crippen molar-refractivity contribution in [1.82, 2.24) is 9.78 Å². The van der Waals surface area contributed by atoms with Crippen LogP contribution in [0, 0.1) is 5.82 Å². The van der Waals surface area contributed by atoms with Gasteiger partial charge in [0.25, 0.3) is 0 Å². The van der Waals surface area contributed by atoms with Gasteiger partial charge in [-0.05, 0) is 45.8 Å². The van der Waals surface area contributed by atoms with E-state index in [2.05, 4.69) is 25.8 Å². The minimum atomic E-state index is -4.81. The first kappa shape index (κ1) is 17.0. The lowest BCUT2D eigenvalue weighted by Gasteiger charge is -2.11. The predicted octanol–water partition coefficient (Wildman–Crippen LogP) is 5.54. The van der Waals surface area contributed by atoms with Crippen molar-refractivity contribution in [1.29, 1.82) is 0 Å². The number of rotatable bonds is 3. The lowest BCUT2D eigenvalue weighted by molar-refractivity contribution is -0.274. The van der Waals surface area contributed by atoms with Crippen molar-refractivity contribution < 1.29 is 22.3 Å². The minimum absolute atomic E-state index is 0.171. The molecule has 126 valence electrons. The van der Waals surface area contributed by atoms with E-state index in [4.69, 9.17) is 11.6 Å². The molecular formula is C15H8BrClF4N2O. The number of benzene rings is 2. The van der Waals surface area contributed by atoms with Crippen molar-refractivity contribution in [3.05, 3.63) is 57.4 Å². The fourth-order valence-electron chi connectivity index (χ4n) is 2.24. The van der Waals surface area contributed by atoms with Crippen LogP contribution in [0.25, 0.3) is 10.9 Å². The van der Waals surface area contributed by atoms with Crippen molar-refractivity contribution in [3.8, 4) is 5.75 Å². The molecule has 0 unspecified atom stereocenters. The highest BCUT2D eigenvalue weighted by atomic mass is 79.9. The molecule has 0 aliphatic heterocycles. The highest BCUT2D eigenvalue weighted by Crippen LogP contribution is 2.31. The van der Waals surface area contributed by atoms with Gasteiger partial charge in [0.15, 0.2) is 0 Å². The molecule has 0 atom stereocenters. The van der Waals surface area contributed by atoms with E-state index < -0.39 is 17.9 Å². The zero-order valence-electron chi connectivity index (χ0n) is 11.7. The van der Waals surface area contributed by atoms with Crippen LogP contribution in [-0.2, 0) is 6.54 Å². The number of fused-ring (bicyclic) bond motifs is 1. The van der Waals surface area contributed by atoms with Crippen LogP contribution in [0.1, 0.15) is 5.56 Å².